The molecule has 0 unspecified atom stereocenters. The molecule has 1 saturated heterocycles. The first-order valence-corrected chi connectivity index (χ1v) is 8.60. The van der Waals surface area contributed by atoms with Crippen LogP contribution in [0.15, 0.2) is 24.3 Å². The van der Waals surface area contributed by atoms with Gasteiger partial charge in [0.1, 0.15) is 6.10 Å². The van der Waals surface area contributed by atoms with Crippen LogP contribution in [0, 0.1) is 5.92 Å². The van der Waals surface area contributed by atoms with E-state index in [1.165, 1.54) is 0 Å². The average Bonchev–Trinajstić information content (AvgIpc) is 2.94. The number of hydrogen-bond donors (Lipinski definition) is 2. The van der Waals surface area contributed by atoms with E-state index in [1.54, 1.807) is 7.11 Å². The number of aliphatic hydroxyl groups excluding tert-OH is 1. The maximum atomic E-state index is 12.6. The van der Waals surface area contributed by atoms with Crippen molar-refractivity contribution in [1.82, 2.24) is 4.90 Å². The fraction of sp³-hybridized carbons (Fsp3) is 0.611. The van der Waals surface area contributed by atoms with Crippen LogP contribution < -0.4 is 15.2 Å². The fourth-order valence-corrected chi connectivity index (χ4v) is 3.60. The van der Waals surface area contributed by atoms with Crippen LogP contribution >= 0.6 is 0 Å². The highest BCUT2D eigenvalue weighted by molar-refractivity contribution is 5.79. The summed E-state index contributed by atoms with van der Waals surface area (Å²) in [5, 5.41) is 9.74. The van der Waals surface area contributed by atoms with E-state index in [0.29, 0.717) is 25.9 Å². The number of aliphatic hydroxyl groups is 1. The Morgan fingerprint density at radius 1 is 1.21 bits per heavy atom. The highest BCUT2D eigenvalue weighted by atomic mass is 16.5. The summed E-state index contributed by atoms with van der Waals surface area (Å²) >= 11 is 0. The summed E-state index contributed by atoms with van der Waals surface area (Å²) in [5.74, 6) is 1.46. The molecule has 6 nitrogen and oxygen atoms in total. The molecule has 0 spiro atoms. The van der Waals surface area contributed by atoms with Crippen molar-refractivity contribution in [2.75, 3.05) is 20.2 Å². The van der Waals surface area contributed by atoms with Gasteiger partial charge in [0, 0.05) is 37.9 Å². The van der Waals surface area contributed by atoms with Crippen LogP contribution in [0.3, 0.4) is 0 Å². The summed E-state index contributed by atoms with van der Waals surface area (Å²) in [5.41, 5.74) is 5.82. The topological polar surface area (TPSA) is 85.0 Å². The van der Waals surface area contributed by atoms with Gasteiger partial charge in [0.2, 0.25) is 5.91 Å². The predicted molar refractivity (Wildman–Crippen MR) is 89.9 cm³/mol. The lowest BCUT2D eigenvalue weighted by atomic mass is 10.0. The number of nitrogens with zero attached hydrogens (tertiary/aromatic N) is 1. The number of amides is 1. The molecule has 3 N–H and O–H groups in total. The maximum absolute atomic E-state index is 12.6. The first-order valence-electron chi connectivity index (χ1n) is 8.60. The zero-order valence-electron chi connectivity index (χ0n) is 14.1. The van der Waals surface area contributed by atoms with Gasteiger partial charge in [0.05, 0.1) is 13.2 Å². The SMILES string of the molecule is COc1ccccc1OC1CCN(C(=O)[C@H]2C[C@@H](N)[C@H](O)C2)CC1. The number of ether oxygens (including phenoxy) is 2. The Morgan fingerprint density at radius 3 is 2.46 bits per heavy atom. The van der Waals surface area contributed by atoms with Crippen molar-refractivity contribution in [1.29, 1.82) is 0 Å². The zero-order valence-corrected chi connectivity index (χ0v) is 14.1. The van der Waals surface area contributed by atoms with Gasteiger partial charge in [-0.1, -0.05) is 12.1 Å². The van der Waals surface area contributed by atoms with Gasteiger partial charge in [-0.2, -0.15) is 0 Å². The maximum Gasteiger partial charge on any atom is 0.225 e. The third kappa shape index (κ3) is 3.65. The minimum absolute atomic E-state index is 0.0850. The first kappa shape index (κ1) is 17.0. The van der Waals surface area contributed by atoms with Gasteiger partial charge in [-0.3, -0.25) is 4.79 Å². The van der Waals surface area contributed by atoms with Crippen molar-refractivity contribution in [3.8, 4) is 11.5 Å². The molecule has 6 heteroatoms. The number of nitrogens with two attached hydrogens (primary N) is 1. The van der Waals surface area contributed by atoms with Crippen LogP contribution in [-0.4, -0.2) is 54.4 Å². The Bertz CT molecular complexity index is 562. The number of methoxy groups -OCH3 is 1. The zero-order chi connectivity index (χ0) is 17.1. The van der Waals surface area contributed by atoms with Crippen molar-refractivity contribution in [2.24, 2.45) is 11.7 Å². The van der Waals surface area contributed by atoms with Gasteiger partial charge in [-0.25, -0.2) is 0 Å². The van der Waals surface area contributed by atoms with Gasteiger partial charge in [0.25, 0.3) is 0 Å². The molecule has 1 amide bonds. The van der Waals surface area contributed by atoms with Crippen LogP contribution in [0.1, 0.15) is 25.7 Å². The third-order valence-electron chi connectivity index (χ3n) is 5.04. The van der Waals surface area contributed by atoms with E-state index < -0.39 is 6.10 Å². The highest BCUT2D eigenvalue weighted by Crippen LogP contribution is 2.30. The lowest BCUT2D eigenvalue weighted by Gasteiger charge is -2.33. The molecular weight excluding hydrogens is 308 g/mol. The number of piperidine rings is 1. The van der Waals surface area contributed by atoms with Crippen LogP contribution in [0.5, 0.6) is 11.5 Å². The van der Waals surface area contributed by atoms with Crippen molar-refractivity contribution < 1.29 is 19.4 Å². The number of para-hydroxylation sites is 2. The number of carbonyl (C=O) groups is 1. The summed E-state index contributed by atoms with van der Waals surface area (Å²) < 4.78 is 11.4. The molecule has 3 rings (SSSR count). The van der Waals surface area contributed by atoms with Crippen molar-refractivity contribution in [3.05, 3.63) is 24.3 Å². The van der Waals surface area contributed by atoms with Gasteiger partial charge in [-0.15, -0.1) is 0 Å². The molecule has 0 aromatic heterocycles. The van der Waals surface area contributed by atoms with E-state index in [2.05, 4.69) is 0 Å². The quantitative estimate of drug-likeness (QED) is 0.863. The summed E-state index contributed by atoms with van der Waals surface area (Å²) in [6.45, 7) is 1.36. The molecule has 24 heavy (non-hydrogen) atoms. The summed E-state index contributed by atoms with van der Waals surface area (Å²) in [7, 11) is 1.63. The lowest BCUT2D eigenvalue weighted by molar-refractivity contribution is -0.137. The molecular formula is C18H26N2O4. The second-order valence-electron chi connectivity index (χ2n) is 6.69. The van der Waals surface area contributed by atoms with E-state index in [4.69, 9.17) is 15.2 Å². The number of carbonyl (C=O) groups excluding carboxylic acids is 1. The molecule has 0 bridgehead atoms. The van der Waals surface area contributed by atoms with Gasteiger partial charge >= 0.3 is 0 Å². The second kappa shape index (κ2) is 7.40. The molecule has 2 aliphatic rings. The molecule has 1 saturated carbocycles. The summed E-state index contributed by atoms with van der Waals surface area (Å²) in [4.78, 5) is 14.4. The largest absolute Gasteiger partial charge is 0.493 e. The summed E-state index contributed by atoms with van der Waals surface area (Å²) in [6.07, 6.45) is 2.19. The lowest BCUT2D eigenvalue weighted by Crippen LogP contribution is -2.44. The predicted octanol–water partition coefficient (Wildman–Crippen LogP) is 1.16. The molecule has 1 aromatic rings. The van der Waals surface area contributed by atoms with E-state index in [1.807, 2.05) is 29.2 Å². The van der Waals surface area contributed by atoms with Gasteiger partial charge < -0.3 is 25.2 Å². The van der Waals surface area contributed by atoms with Gasteiger partial charge in [0.15, 0.2) is 11.5 Å². The molecule has 1 aliphatic heterocycles. The third-order valence-corrected chi connectivity index (χ3v) is 5.04. The Balaban J connectivity index is 1.51. The molecule has 132 valence electrons. The Morgan fingerprint density at radius 2 is 1.88 bits per heavy atom. The number of benzene rings is 1. The van der Waals surface area contributed by atoms with Gasteiger partial charge in [-0.05, 0) is 25.0 Å². The number of rotatable bonds is 4. The van der Waals surface area contributed by atoms with Crippen LogP contribution in [0.2, 0.25) is 0 Å². The van der Waals surface area contributed by atoms with E-state index in [9.17, 15) is 9.90 Å². The van der Waals surface area contributed by atoms with Crippen molar-refractivity contribution in [3.63, 3.8) is 0 Å². The molecule has 1 aliphatic carbocycles. The molecule has 1 heterocycles. The number of likely N-dealkylation sites (tertiary alicyclic amines) is 1. The standard InChI is InChI=1S/C18H26N2O4/c1-23-16-4-2-3-5-17(16)24-13-6-8-20(9-7-13)18(22)12-10-14(19)15(21)11-12/h2-5,12-15,21H,6-11,19H2,1H3/t12-,14+,15+/m0/s1. The van der Waals surface area contributed by atoms with Crippen LogP contribution in [-0.2, 0) is 4.79 Å². The molecule has 3 atom stereocenters. The molecule has 2 fully saturated rings. The van der Waals surface area contributed by atoms with Crippen LogP contribution in [0.4, 0.5) is 0 Å². The number of hydrogen-bond acceptors (Lipinski definition) is 5. The first-order chi connectivity index (χ1) is 11.6. The molecule has 0 radical (unpaired) electrons. The fourth-order valence-electron chi connectivity index (χ4n) is 3.60. The van der Waals surface area contributed by atoms with Crippen molar-refractivity contribution in [2.45, 2.75) is 43.9 Å². The molecule has 1 aromatic carbocycles. The van der Waals surface area contributed by atoms with E-state index >= 15 is 0 Å². The Kier molecular flexibility index (Phi) is 5.26. The summed E-state index contributed by atoms with van der Waals surface area (Å²) in [6, 6.07) is 7.34. The normalized spacial score (nSPS) is 28.0. The second-order valence-corrected chi connectivity index (χ2v) is 6.69. The van der Waals surface area contributed by atoms with E-state index in [-0.39, 0.29) is 24.0 Å². The smallest absolute Gasteiger partial charge is 0.225 e. The van der Waals surface area contributed by atoms with Crippen molar-refractivity contribution >= 4 is 5.91 Å². The highest BCUT2D eigenvalue weighted by Gasteiger charge is 2.37. The Hall–Kier alpha value is -1.79. The van der Waals surface area contributed by atoms with E-state index in [0.717, 1.165) is 24.3 Å². The minimum atomic E-state index is -0.551. The monoisotopic (exact) mass is 334 g/mol. The average molecular weight is 334 g/mol. The minimum Gasteiger partial charge on any atom is -0.493 e. The van der Waals surface area contributed by atoms with Crippen LogP contribution in [0.25, 0.3) is 0 Å². The Labute approximate surface area is 142 Å².